The van der Waals surface area contributed by atoms with Crippen molar-refractivity contribution in [3.8, 4) is 0 Å². The van der Waals surface area contributed by atoms with Crippen LogP contribution in [0.25, 0.3) is 5.65 Å². The van der Waals surface area contributed by atoms with Crippen LogP contribution < -0.4 is 0 Å². The van der Waals surface area contributed by atoms with E-state index >= 15 is 0 Å². The molecule has 1 aliphatic heterocycles. The third kappa shape index (κ3) is 3.13. The quantitative estimate of drug-likeness (QED) is 0.843. The fraction of sp³-hybridized carbons (Fsp3) is 0.500. The number of pyridine rings is 1. The SMILES string of the molecule is Cc1nc2ccccn2c1CN(C)C(=O)CN1CCOCC1. The van der Waals surface area contributed by atoms with Gasteiger partial charge >= 0.3 is 0 Å². The monoisotopic (exact) mass is 302 g/mol. The van der Waals surface area contributed by atoms with Gasteiger partial charge in [-0.1, -0.05) is 6.07 Å². The molecule has 1 amide bonds. The highest BCUT2D eigenvalue weighted by molar-refractivity contribution is 5.78. The number of morpholine rings is 1. The Bertz CT molecular complexity index is 661. The summed E-state index contributed by atoms with van der Waals surface area (Å²) in [6.45, 7) is 6.09. The average molecular weight is 302 g/mol. The van der Waals surface area contributed by atoms with E-state index in [1.54, 1.807) is 4.90 Å². The number of fused-ring (bicyclic) bond motifs is 1. The lowest BCUT2D eigenvalue weighted by molar-refractivity contribution is -0.132. The first-order valence-electron chi connectivity index (χ1n) is 7.62. The van der Waals surface area contributed by atoms with Crippen molar-refractivity contribution < 1.29 is 9.53 Å². The van der Waals surface area contributed by atoms with Crippen LogP contribution in [0.4, 0.5) is 0 Å². The van der Waals surface area contributed by atoms with Crippen LogP contribution in [0.3, 0.4) is 0 Å². The van der Waals surface area contributed by atoms with Crippen LogP contribution in [-0.2, 0) is 16.1 Å². The molecule has 1 aliphatic rings. The van der Waals surface area contributed by atoms with Crippen molar-refractivity contribution in [3.05, 3.63) is 35.8 Å². The summed E-state index contributed by atoms with van der Waals surface area (Å²) in [7, 11) is 1.85. The third-order valence-electron chi connectivity index (χ3n) is 4.10. The first-order valence-corrected chi connectivity index (χ1v) is 7.62. The van der Waals surface area contributed by atoms with Gasteiger partial charge in [0.2, 0.25) is 5.91 Å². The molecule has 0 bridgehead atoms. The number of amides is 1. The minimum atomic E-state index is 0.132. The van der Waals surface area contributed by atoms with Gasteiger partial charge in [-0.15, -0.1) is 0 Å². The number of nitrogens with zero attached hydrogens (tertiary/aromatic N) is 4. The zero-order valence-corrected chi connectivity index (χ0v) is 13.2. The van der Waals surface area contributed by atoms with E-state index in [1.807, 2.05) is 42.8 Å². The number of carbonyl (C=O) groups excluding carboxylic acids is 1. The van der Waals surface area contributed by atoms with Crippen molar-refractivity contribution >= 4 is 11.6 Å². The highest BCUT2D eigenvalue weighted by Crippen LogP contribution is 2.13. The van der Waals surface area contributed by atoms with Crippen molar-refractivity contribution in [1.82, 2.24) is 19.2 Å². The number of hydrogen-bond acceptors (Lipinski definition) is 4. The van der Waals surface area contributed by atoms with Gasteiger partial charge in [0.1, 0.15) is 5.65 Å². The van der Waals surface area contributed by atoms with E-state index in [0.717, 1.165) is 30.1 Å². The van der Waals surface area contributed by atoms with Gasteiger partial charge in [-0.25, -0.2) is 4.98 Å². The zero-order chi connectivity index (χ0) is 15.5. The van der Waals surface area contributed by atoms with E-state index in [9.17, 15) is 4.79 Å². The van der Waals surface area contributed by atoms with Crippen molar-refractivity contribution in [3.63, 3.8) is 0 Å². The number of aryl methyl sites for hydroxylation is 1. The molecule has 118 valence electrons. The minimum absolute atomic E-state index is 0.132. The summed E-state index contributed by atoms with van der Waals surface area (Å²) in [6, 6.07) is 5.93. The zero-order valence-electron chi connectivity index (χ0n) is 13.2. The highest BCUT2D eigenvalue weighted by atomic mass is 16.5. The van der Waals surface area contributed by atoms with E-state index in [0.29, 0.717) is 26.3 Å². The second-order valence-electron chi connectivity index (χ2n) is 5.71. The van der Waals surface area contributed by atoms with Gasteiger partial charge < -0.3 is 14.0 Å². The standard InChI is InChI=1S/C16H22N4O2/c1-13-14(20-6-4-3-5-15(20)17-13)11-18(2)16(21)12-19-7-9-22-10-8-19/h3-6H,7-12H2,1-2H3. The summed E-state index contributed by atoms with van der Waals surface area (Å²) < 4.78 is 7.36. The largest absolute Gasteiger partial charge is 0.379 e. The van der Waals surface area contributed by atoms with E-state index in [4.69, 9.17) is 4.74 Å². The molecule has 2 aromatic heterocycles. The molecule has 3 rings (SSSR count). The Labute approximate surface area is 130 Å². The molecule has 0 spiro atoms. The fourth-order valence-corrected chi connectivity index (χ4v) is 2.74. The van der Waals surface area contributed by atoms with E-state index in [2.05, 4.69) is 9.88 Å². The predicted molar refractivity (Wildman–Crippen MR) is 83.7 cm³/mol. The van der Waals surface area contributed by atoms with Crippen LogP contribution in [0.15, 0.2) is 24.4 Å². The van der Waals surface area contributed by atoms with E-state index in [1.165, 1.54) is 0 Å². The molecule has 1 fully saturated rings. The molecule has 0 unspecified atom stereocenters. The predicted octanol–water partition coefficient (Wildman–Crippen LogP) is 0.933. The topological polar surface area (TPSA) is 50.1 Å². The Morgan fingerprint density at radius 1 is 1.36 bits per heavy atom. The maximum absolute atomic E-state index is 12.4. The van der Waals surface area contributed by atoms with Crippen LogP contribution in [-0.4, -0.2) is 65.0 Å². The molecule has 0 aliphatic carbocycles. The Morgan fingerprint density at radius 3 is 2.91 bits per heavy atom. The Kier molecular flexibility index (Phi) is 4.40. The molecule has 2 aromatic rings. The van der Waals surface area contributed by atoms with Crippen LogP contribution in [0.2, 0.25) is 0 Å². The number of likely N-dealkylation sites (N-methyl/N-ethyl adjacent to an activating group) is 1. The van der Waals surface area contributed by atoms with Crippen LogP contribution >= 0.6 is 0 Å². The number of imidazole rings is 1. The molecule has 0 atom stereocenters. The molecular weight excluding hydrogens is 280 g/mol. The summed E-state index contributed by atoms with van der Waals surface area (Å²) in [5.41, 5.74) is 2.95. The lowest BCUT2D eigenvalue weighted by atomic mass is 10.3. The average Bonchev–Trinajstić information content (AvgIpc) is 2.84. The Morgan fingerprint density at radius 2 is 2.14 bits per heavy atom. The first-order chi connectivity index (χ1) is 10.6. The molecule has 3 heterocycles. The second kappa shape index (κ2) is 6.46. The van der Waals surface area contributed by atoms with E-state index in [-0.39, 0.29) is 5.91 Å². The smallest absolute Gasteiger partial charge is 0.236 e. The summed E-state index contributed by atoms with van der Waals surface area (Å²) >= 11 is 0. The lowest BCUT2D eigenvalue weighted by Gasteiger charge is -2.28. The van der Waals surface area contributed by atoms with Crippen molar-refractivity contribution in [2.45, 2.75) is 13.5 Å². The molecule has 0 N–H and O–H groups in total. The lowest BCUT2D eigenvalue weighted by Crippen LogP contribution is -2.43. The van der Waals surface area contributed by atoms with Crippen molar-refractivity contribution in [2.75, 3.05) is 39.9 Å². The summed E-state index contributed by atoms with van der Waals surface area (Å²) in [4.78, 5) is 20.9. The first kappa shape index (κ1) is 15.0. The third-order valence-corrected chi connectivity index (χ3v) is 4.10. The number of aromatic nitrogens is 2. The minimum Gasteiger partial charge on any atom is -0.379 e. The fourth-order valence-electron chi connectivity index (χ4n) is 2.74. The van der Waals surface area contributed by atoms with Crippen LogP contribution in [0.5, 0.6) is 0 Å². The maximum atomic E-state index is 12.4. The molecule has 0 radical (unpaired) electrons. The Hall–Kier alpha value is -1.92. The molecular formula is C16H22N4O2. The molecule has 6 nitrogen and oxygen atoms in total. The molecule has 6 heteroatoms. The summed E-state index contributed by atoms with van der Waals surface area (Å²) in [5, 5.41) is 0. The van der Waals surface area contributed by atoms with Gasteiger partial charge in [0, 0.05) is 26.3 Å². The highest BCUT2D eigenvalue weighted by Gasteiger charge is 2.19. The normalized spacial score (nSPS) is 16.1. The van der Waals surface area contributed by atoms with Crippen LogP contribution in [0.1, 0.15) is 11.4 Å². The van der Waals surface area contributed by atoms with Crippen molar-refractivity contribution in [1.29, 1.82) is 0 Å². The molecule has 1 saturated heterocycles. The number of rotatable bonds is 4. The number of carbonyl (C=O) groups is 1. The maximum Gasteiger partial charge on any atom is 0.236 e. The molecule has 22 heavy (non-hydrogen) atoms. The van der Waals surface area contributed by atoms with Gasteiger partial charge in [0.15, 0.2) is 0 Å². The summed E-state index contributed by atoms with van der Waals surface area (Å²) in [6.07, 6.45) is 1.99. The molecule has 0 aromatic carbocycles. The second-order valence-corrected chi connectivity index (χ2v) is 5.71. The summed E-state index contributed by atoms with van der Waals surface area (Å²) in [5.74, 6) is 0.132. The number of hydrogen-bond donors (Lipinski definition) is 0. The van der Waals surface area contributed by atoms with Crippen LogP contribution in [0, 0.1) is 6.92 Å². The van der Waals surface area contributed by atoms with Gasteiger partial charge in [-0.05, 0) is 19.1 Å². The van der Waals surface area contributed by atoms with Gasteiger partial charge in [0.25, 0.3) is 0 Å². The Balaban J connectivity index is 1.68. The van der Waals surface area contributed by atoms with Crippen molar-refractivity contribution in [2.24, 2.45) is 0 Å². The number of ether oxygens (including phenoxy) is 1. The van der Waals surface area contributed by atoms with E-state index < -0.39 is 0 Å². The van der Waals surface area contributed by atoms with Gasteiger partial charge in [-0.3, -0.25) is 9.69 Å². The van der Waals surface area contributed by atoms with Gasteiger partial charge in [-0.2, -0.15) is 0 Å². The molecule has 0 saturated carbocycles. The van der Waals surface area contributed by atoms with Gasteiger partial charge in [0.05, 0.1) is 37.7 Å².